The maximum atomic E-state index is 12.0. The van der Waals surface area contributed by atoms with E-state index in [-0.39, 0.29) is 30.0 Å². The molecule has 4 nitrogen and oxygen atoms in total. The molecule has 16 heavy (non-hydrogen) atoms. The third-order valence-electron chi connectivity index (χ3n) is 3.29. The number of carbonyl (C=O) groups excluding carboxylic acids is 1. The normalized spacial score (nSPS) is 24.7. The van der Waals surface area contributed by atoms with E-state index in [1.807, 2.05) is 4.90 Å². The van der Waals surface area contributed by atoms with Crippen LogP contribution < -0.4 is 5.73 Å². The summed E-state index contributed by atoms with van der Waals surface area (Å²) in [6, 6.07) is -0.270. The van der Waals surface area contributed by atoms with Crippen molar-refractivity contribution in [2.45, 2.75) is 52.1 Å². The van der Waals surface area contributed by atoms with Crippen LogP contribution in [0.4, 0.5) is 0 Å². The van der Waals surface area contributed by atoms with Crippen molar-refractivity contribution in [1.29, 1.82) is 0 Å². The first-order chi connectivity index (χ1) is 7.38. The second kappa shape index (κ2) is 5.15. The van der Waals surface area contributed by atoms with Crippen LogP contribution in [0.2, 0.25) is 0 Å². The van der Waals surface area contributed by atoms with E-state index in [9.17, 15) is 4.79 Å². The zero-order valence-electron chi connectivity index (χ0n) is 10.6. The van der Waals surface area contributed by atoms with Crippen LogP contribution in [0, 0.1) is 5.41 Å². The Morgan fingerprint density at radius 3 is 2.69 bits per heavy atom. The molecule has 0 aromatic rings. The van der Waals surface area contributed by atoms with Crippen molar-refractivity contribution in [3.63, 3.8) is 0 Å². The van der Waals surface area contributed by atoms with Crippen molar-refractivity contribution in [3.05, 3.63) is 0 Å². The average molecular weight is 228 g/mol. The number of nitrogens with two attached hydrogens (primary N) is 1. The van der Waals surface area contributed by atoms with Crippen molar-refractivity contribution >= 4 is 5.91 Å². The largest absolute Gasteiger partial charge is 0.396 e. The number of hydrogen-bond donors (Lipinski definition) is 2. The van der Waals surface area contributed by atoms with Crippen LogP contribution in [0.5, 0.6) is 0 Å². The molecule has 1 rings (SSSR count). The predicted molar refractivity (Wildman–Crippen MR) is 63.9 cm³/mol. The van der Waals surface area contributed by atoms with Crippen LogP contribution in [0.3, 0.4) is 0 Å². The van der Waals surface area contributed by atoms with Gasteiger partial charge in [-0.2, -0.15) is 0 Å². The van der Waals surface area contributed by atoms with Gasteiger partial charge in [-0.05, 0) is 24.7 Å². The Kier molecular flexibility index (Phi) is 4.33. The summed E-state index contributed by atoms with van der Waals surface area (Å²) in [6.07, 6.45) is 2.37. The number of hydrogen-bond acceptors (Lipinski definition) is 3. The summed E-state index contributed by atoms with van der Waals surface area (Å²) in [4.78, 5) is 13.9. The lowest BCUT2D eigenvalue weighted by Gasteiger charge is -2.43. The van der Waals surface area contributed by atoms with Crippen LogP contribution in [-0.4, -0.2) is 41.1 Å². The molecule has 2 unspecified atom stereocenters. The summed E-state index contributed by atoms with van der Waals surface area (Å²) in [6.45, 7) is 7.18. The van der Waals surface area contributed by atoms with E-state index in [1.54, 1.807) is 0 Å². The summed E-state index contributed by atoms with van der Waals surface area (Å²) in [5.74, 6) is 0.0413. The zero-order chi connectivity index (χ0) is 12.3. The van der Waals surface area contributed by atoms with Crippen LogP contribution in [0.15, 0.2) is 0 Å². The van der Waals surface area contributed by atoms with Gasteiger partial charge in [0, 0.05) is 19.2 Å². The Morgan fingerprint density at radius 1 is 1.56 bits per heavy atom. The molecule has 0 aromatic carbocycles. The molecule has 0 aromatic heterocycles. The monoisotopic (exact) mass is 228 g/mol. The Balaban J connectivity index is 2.81. The molecule has 0 radical (unpaired) electrons. The number of likely N-dealkylation sites (tertiary alicyclic amines) is 1. The number of nitrogens with zero attached hydrogens (tertiary/aromatic N) is 1. The molecule has 0 spiro atoms. The number of amides is 1. The molecule has 1 fully saturated rings. The van der Waals surface area contributed by atoms with Crippen LogP contribution >= 0.6 is 0 Å². The topological polar surface area (TPSA) is 66.6 Å². The second-order valence-electron chi connectivity index (χ2n) is 5.67. The second-order valence-corrected chi connectivity index (χ2v) is 5.67. The first-order valence-corrected chi connectivity index (χ1v) is 6.05. The van der Waals surface area contributed by atoms with Gasteiger partial charge in [0.2, 0.25) is 5.91 Å². The fourth-order valence-corrected chi connectivity index (χ4v) is 2.42. The average Bonchev–Trinajstić information content (AvgIpc) is 2.18. The standard InChI is InChI=1S/C12H24N2O2/c1-12(2,3)10(6-8-15)14-7-4-5-9(13)11(14)16/h9-10,15H,4-8,13H2,1-3H3. The van der Waals surface area contributed by atoms with Gasteiger partial charge in [-0.25, -0.2) is 0 Å². The van der Waals surface area contributed by atoms with Crippen molar-refractivity contribution in [2.75, 3.05) is 13.2 Å². The molecule has 3 N–H and O–H groups in total. The van der Waals surface area contributed by atoms with E-state index in [4.69, 9.17) is 10.8 Å². The lowest BCUT2D eigenvalue weighted by atomic mass is 9.82. The number of rotatable bonds is 3. The molecule has 0 saturated carbocycles. The lowest BCUT2D eigenvalue weighted by molar-refractivity contribution is -0.140. The summed E-state index contributed by atoms with van der Waals surface area (Å²) in [5.41, 5.74) is 5.77. The van der Waals surface area contributed by atoms with Gasteiger partial charge >= 0.3 is 0 Å². The van der Waals surface area contributed by atoms with E-state index in [2.05, 4.69) is 20.8 Å². The van der Waals surface area contributed by atoms with Gasteiger partial charge in [0.1, 0.15) is 0 Å². The Labute approximate surface area is 97.8 Å². The minimum Gasteiger partial charge on any atom is -0.396 e. The van der Waals surface area contributed by atoms with E-state index >= 15 is 0 Å². The maximum Gasteiger partial charge on any atom is 0.239 e. The molecule has 1 aliphatic rings. The summed E-state index contributed by atoms with van der Waals surface area (Å²) >= 11 is 0. The fourth-order valence-electron chi connectivity index (χ4n) is 2.42. The zero-order valence-corrected chi connectivity index (χ0v) is 10.6. The highest BCUT2D eigenvalue weighted by Crippen LogP contribution is 2.29. The van der Waals surface area contributed by atoms with E-state index < -0.39 is 0 Å². The Hall–Kier alpha value is -0.610. The van der Waals surface area contributed by atoms with Gasteiger partial charge < -0.3 is 15.7 Å². The number of aliphatic hydroxyl groups is 1. The molecule has 1 saturated heterocycles. The van der Waals surface area contributed by atoms with Crippen molar-refractivity contribution < 1.29 is 9.90 Å². The van der Waals surface area contributed by atoms with E-state index in [0.29, 0.717) is 6.42 Å². The van der Waals surface area contributed by atoms with Crippen LogP contribution in [-0.2, 0) is 4.79 Å². The first kappa shape index (κ1) is 13.5. The number of aliphatic hydroxyl groups excluding tert-OH is 1. The highest BCUT2D eigenvalue weighted by Gasteiger charge is 2.36. The minimum absolute atomic E-state index is 0.0184. The molecule has 2 atom stereocenters. The molecular weight excluding hydrogens is 204 g/mol. The number of carbonyl (C=O) groups is 1. The lowest BCUT2D eigenvalue weighted by Crippen LogP contribution is -2.56. The predicted octanol–water partition coefficient (Wildman–Crippen LogP) is 0.733. The van der Waals surface area contributed by atoms with Gasteiger partial charge in [-0.15, -0.1) is 0 Å². The molecule has 1 aliphatic heterocycles. The van der Waals surface area contributed by atoms with Crippen LogP contribution in [0.1, 0.15) is 40.0 Å². The van der Waals surface area contributed by atoms with Crippen molar-refractivity contribution in [3.8, 4) is 0 Å². The van der Waals surface area contributed by atoms with Gasteiger partial charge in [0.25, 0.3) is 0 Å². The van der Waals surface area contributed by atoms with E-state index in [0.717, 1.165) is 19.4 Å². The van der Waals surface area contributed by atoms with Crippen molar-refractivity contribution in [2.24, 2.45) is 11.1 Å². The molecule has 0 bridgehead atoms. The molecule has 94 valence electrons. The minimum atomic E-state index is -0.350. The maximum absolute atomic E-state index is 12.0. The van der Waals surface area contributed by atoms with Gasteiger partial charge in [0.15, 0.2) is 0 Å². The molecule has 1 heterocycles. The molecule has 4 heteroatoms. The highest BCUT2D eigenvalue weighted by atomic mass is 16.3. The van der Waals surface area contributed by atoms with Gasteiger partial charge in [-0.3, -0.25) is 4.79 Å². The quantitative estimate of drug-likeness (QED) is 0.748. The highest BCUT2D eigenvalue weighted by molar-refractivity contribution is 5.82. The SMILES string of the molecule is CC(C)(C)C(CCO)N1CCCC(N)C1=O. The van der Waals surface area contributed by atoms with E-state index in [1.165, 1.54) is 0 Å². The first-order valence-electron chi connectivity index (χ1n) is 6.05. The summed E-state index contributed by atoms with van der Waals surface area (Å²) < 4.78 is 0. The van der Waals surface area contributed by atoms with Gasteiger partial charge in [0.05, 0.1) is 6.04 Å². The number of piperidine rings is 1. The summed E-state index contributed by atoms with van der Waals surface area (Å²) in [7, 11) is 0. The van der Waals surface area contributed by atoms with Crippen molar-refractivity contribution in [1.82, 2.24) is 4.90 Å². The smallest absolute Gasteiger partial charge is 0.239 e. The Morgan fingerprint density at radius 2 is 2.19 bits per heavy atom. The summed E-state index contributed by atoms with van der Waals surface area (Å²) in [5, 5.41) is 9.11. The fraction of sp³-hybridized carbons (Fsp3) is 0.917. The third kappa shape index (κ3) is 2.95. The molecule has 1 amide bonds. The third-order valence-corrected chi connectivity index (χ3v) is 3.29. The van der Waals surface area contributed by atoms with Crippen LogP contribution in [0.25, 0.3) is 0 Å². The molecular formula is C12H24N2O2. The Bertz CT molecular complexity index is 248. The van der Waals surface area contributed by atoms with Gasteiger partial charge in [-0.1, -0.05) is 20.8 Å². The molecule has 0 aliphatic carbocycles.